The van der Waals surface area contributed by atoms with Crippen LogP contribution in [0.2, 0.25) is 0 Å². The fourth-order valence-electron chi connectivity index (χ4n) is 1.98. The van der Waals surface area contributed by atoms with Crippen molar-refractivity contribution >= 4 is 33.7 Å². The van der Waals surface area contributed by atoms with Crippen molar-refractivity contribution in [2.24, 2.45) is 0 Å². The number of hydrogen-bond acceptors (Lipinski definition) is 6. The number of rotatable bonds is 4. The standard InChI is InChI=1S/C14H13FN4S2/c1-8-18-11(7-20-8)12-13(16)19-21-14(12)17-6-9-3-2-4-10(15)5-9/h2-5,7,17H,6H2,1H3,(H2,16,19). The minimum absolute atomic E-state index is 0.242. The van der Waals surface area contributed by atoms with Gasteiger partial charge in [-0.05, 0) is 36.2 Å². The molecule has 1 aromatic carbocycles. The van der Waals surface area contributed by atoms with Gasteiger partial charge in [-0.25, -0.2) is 9.37 Å². The first-order valence-corrected chi connectivity index (χ1v) is 7.95. The first-order valence-electron chi connectivity index (χ1n) is 6.29. The molecule has 0 aliphatic carbocycles. The second kappa shape index (κ2) is 5.79. The lowest BCUT2D eigenvalue weighted by molar-refractivity contribution is 0.626. The molecule has 7 heteroatoms. The molecule has 0 amide bonds. The predicted octanol–water partition coefficient (Wildman–Crippen LogP) is 3.91. The Hall–Kier alpha value is -1.99. The normalized spacial score (nSPS) is 10.8. The van der Waals surface area contributed by atoms with Crippen molar-refractivity contribution in [3.63, 3.8) is 0 Å². The summed E-state index contributed by atoms with van der Waals surface area (Å²) in [6, 6.07) is 6.49. The molecule has 0 fully saturated rings. The van der Waals surface area contributed by atoms with Gasteiger partial charge in [0.2, 0.25) is 0 Å². The minimum atomic E-state index is -0.242. The summed E-state index contributed by atoms with van der Waals surface area (Å²) in [5.41, 5.74) is 8.45. The lowest BCUT2D eigenvalue weighted by Gasteiger charge is -2.06. The van der Waals surface area contributed by atoms with Gasteiger partial charge in [-0.1, -0.05) is 12.1 Å². The van der Waals surface area contributed by atoms with E-state index in [0.29, 0.717) is 12.4 Å². The Morgan fingerprint density at radius 2 is 2.24 bits per heavy atom. The van der Waals surface area contributed by atoms with Crippen molar-refractivity contribution in [3.05, 3.63) is 46.0 Å². The quantitative estimate of drug-likeness (QED) is 0.765. The van der Waals surface area contributed by atoms with Crippen LogP contribution < -0.4 is 11.1 Å². The third-order valence-electron chi connectivity index (χ3n) is 2.94. The molecule has 108 valence electrons. The summed E-state index contributed by atoms with van der Waals surface area (Å²) in [6.45, 7) is 2.46. The number of nitrogen functional groups attached to an aromatic ring is 1. The molecule has 2 aromatic heterocycles. The molecule has 4 nitrogen and oxygen atoms in total. The SMILES string of the molecule is Cc1nc(-c2c(N)nsc2NCc2cccc(F)c2)cs1. The zero-order valence-corrected chi connectivity index (χ0v) is 12.9. The fourth-order valence-corrected chi connectivity index (χ4v) is 3.30. The average molecular weight is 320 g/mol. The first-order chi connectivity index (χ1) is 10.1. The molecule has 2 heterocycles. The number of aromatic nitrogens is 2. The molecule has 0 saturated carbocycles. The van der Waals surface area contributed by atoms with Gasteiger partial charge >= 0.3 is 0 Å². The molecular formula is C14H13FN4S2. The van der Waals surface area contributed by atoms with Crippen LogP contribution in [0, 0.1) is 12.7 Å². The summed E-state index contributed by atoms with van der Waals surface area (Å²) in [5.74, 6) is 0.223. The van der Waals surface area contributed by atoms with E-state index in [1.165, 1.54) is 23.7 Å². The van der Waals surface area contributed by atoms with E-state index in [1.807, 2.05) is 18.4 Å². The van der Waals surface area contributed by atoms with Crippen LogP contribution in [0.25, 0.3) is 11.3 Å². The van der Waals surface area contributed by atoms with Crippen molar-refractivity contribution < 1.29 is 4.39 Å². The number of nitrogens with one attached hydrogen (secondary N) is 1. The molecule has 0 bridgehead atoms. The van der Waals surface area contributed by atoms with Crippen LogP contribution in [0.1, 0.15) is 10.6 Å². The second-order valence-corrected chi connectivity index (χ2v) is 6.34. The van der Waals surface area contributed by atoms with Crippen molar-refractivity contribution in [1.29, 1.82) is 0 Å². The maximum atomic E-state index is 13.2. The Labute approximate surface area is 129 Å². The maximum absolute atomic E-state index is 13.2. The molecular weight excluding hydrogens is 307 g/mol. The summed E-state index contributed by atoms with van der Waals surface area (Å²) in [7, 11) is 0. The van der Waals surface area contributed by atoms with Crippen LogP contribution in [-0.4, -0.2) is 9.36 Å². The van der Waals surface area contributed by atoms with E-state index in [4.69, 9.17) is 5.73 Å². The zero-order valence-electron chi connectivity index (χ0n) is 11.3. The third kappa shape index (κ3) is 3.03. The van der Waals surface area contributed by atoms with E-state index in [9.17, 15) is 4.39 Å². The van der Waals surface area contributed by atoms with Crippen LogP contribution in [0.4, 0.5) is 15.2 Å². The van der Waals surface area contributed by atoms with Crippen LogP contribution in [0.3, 0.4) is 0 Å². The van der Waals surface area contributed by atoms with Crippen LogP contribution >= 0.6 is 22.9 Å². The highest BCUT2D eigenvalue weighted by molar-refractivity contribution is 7.11. The van der Waals surface area contributed by atoms with E-state index in [0.717, 1.165) is 26.8 Å². The van der Waals surface area contributed by atoms with E-state index in [-0.39, 0.29) is 5.82 Å². The monoisotopic (exact) mass is 320 g/mol. The summed E-state index contributed by atoms with van der Waals surface area (Å²) < 4.78 is 17.4. The van der Waals surface area contributed by atoms with Crippen LogP contribution in [0.5, 0.6) is 0 Å². The Morgan fingerprint density at radius 3 is 2.95 bits per heavy atom. The molecule has 0 saturated heterocycles. The van der Waals surface area contributed by atoms with Crippen molar-refractivity contribution in [2.75, 3.05) is 11.1 Å². The van der Waals surface area contributed by atoms with Gasteiger partial charge in [-0.3, -0.25) is 0 Å². The average Bonchev–Trinajstić information content (AvgIpc) is 3.02. The Balaban J connectivity index is 1.83. The highest BCUT2D eigenvalue weighted by Crippen LogP contribution is 2.37. The predicted molar refractivity (Wildman–Crippen MR) is 86.1 cm³/mol. The number of aryl methyl sites for hydroxylation is 1. The third-order valence-corrected chi connectivity index (χ3v) is 4.53. The molecule has 0 aliphatic rings. The van der Waals surface area contributed by atoms with E-state index in [1.54, 1.807) is 17.4 Å². The summed E-state index contributed by atoms with van der Waals surface area (Å²) >= 11 is 2.86. The zero-order chi connectivity index (χ0) is 14.8. The summed E-state index contributed by atoms with van der Waals surface area (Å²) in [6.07, 6.45) is 0. The Morgan fingerprint density at radius 1 is 1.38 bits per heavy atom. The number of nitrogens with two attached hydrogens (primary N) is 1. The van der Waals surface area contributed by atoms with Crippen LogP contribution in [-0.2, 0) is 6.54 Å². The van der Waals surface area contributed by atoms with Gasteiger partial charge in [0.1, 0.15) is 16.6 Å². The van der Waals surface area contributed by atoms with Crippen molar-refractivity contribution in [1.82, 2.24) is 9.36 Å². The van der Waals surface area contributed by atoms with Gasteiger partial charge in [0, 0.05) is 11.9 Å². The molecule has 0 atom stereocenters. The first kappa shape index (κ1) is 14.0. The maximum Gasteiger partial charge on any atom is 0.148 e. The van der Waals surface area contributed by atoms with Gasteiger partial charge in [-0.15, -0.1) is 11.3 Å². The largest absolute Gasteiger partial charge is 0.382 e. The number of anilines is 2. The van der Waals surface area contributed by atoms with E-state index < -0.39 is 0 Å². The number of thiazole rings is 1. The summed E-state index contributed by atoms with van der Waals surface area (Å²) in [4.78, 5) is 4.45. The smallest absolute Gasteiger partial charge is 0.148 e. The molecule has 0 spiro atoms. The van der Waals surface area contributed by atoms with Gasteiger partial charge in [0.25, 0.3) is 0 Å². The van der Waals surface area contributed by atoms with Gasteiger partial charge < -0.3 is 11.1 Å². The van der Waals surface area contributed by atoms with Crippen molar-refractivity contribution in [3.8, 4) is 11.3 Å². The molecule has 3 N–H and O–H groups in total. The van der Waals surface area contributed by atoms with Gasteiger partial charge in [0.15, 0.2) is 0 Å². The number of hydrogen-bond donors (Lipinski definition) is 2. The molecule has 0 aliphatic heterocycles. The topological polar surface area (TPSA) is 63.8 Å². The highest BCUT2D eigenvalue weighted by atomic mass is 32.1. The molecule has 21 heavy (non-hydrogen) atoms. The van der Waals surface area contributed by atoms with E-state index in [2.05, 4.69) is 14.7 Å². The Kier molecular flexibility index (Phi) is 3.85. The number of benzene rings is 1. The van der Waals surface area contributed by atoms with Gasteiger partial charge in [-0.2, -0.15) is 4.37 Å². The fraction of sp³-hybridized carbons (Fsp3) is 0.143. The highest BCUT2D eigenvalue weighted by Gasteiger charge is 2.16. The van der Waals surface area contributed by atoms with E-state index >= 15 is 0 Å². The molecule has 3 aromatic rings. The van der Waals surface area contributed by atoms with Crippen molar-refractivity contribution in [2.45, 2.75) is 13.5 Å². The second-order valence-electron chi connectivity index (χ2n) is 4.51. The lowest BCUT2D eigenvalue weighted by Crippen LogP contribution is -2.00. The van der Waals surface area contributed by atoms with Crippen LogP contribution in [0.15, 0.2) is 29.6 Å². The van der Waals surface area contributed by atoms with Gasteiger partial charge in [0.05, 0.1) is 16.3 Å². The summed E-state index contributed by atoms with van der Waals surface area (Å²) in [5, 5.41) is 7.05. The Bertz CT molecular complexity index is 766. The molecule has 0 radical (unpaired) electrons. The number of nitrogens with zero attached hydrogens (tertiary/aromatic N) is 2. The molecule has 0 unspecified atom stereocenters. The molecule has 3 rings (SSSR count). The minimum Gasteiger partial charge on any atom is -0.382 e. The lowest BCUT2D eigenvalue weighted by atomic mass is 10.2. The number of halogens is 1.